The average molecular weight is 421 g/mol. The maximum absolute atomic E-state index is 12.9. The van der Waals surface area contributed by atoms with E-state index in [2.05, 4.69) is 29.2 Å². The summed E-state index contributed by atoms with van der Waals surface area (Å²) < 4.78 is 10.6. The molecule has 2 aromatic carbocycles. The number of likely N-dealkylation sites (tertiary alicyclic amines) is 1. The summed E-state index contributed by atoms with van der Waals surface area (Å²) in [7, 11) is 5.16. The molecule has 1 saturated heterocycles. The van der Waals surface area contributed by atoms with Gasteiger partial charge in [0.15, 0.2) is 11.5 Å². The Kier molecular flexibility index (Phi) is 6.62. The lowest BCUT2D eigenvalue weighted by Gasteiger charge is -2.40. The van der Waals surface area contributed by atoms with Crippen LogP contribution in [0.5, 0.6) is 11.5 Å². The van der Waals surface area contributed by atoms with E-state index in [0.717, 1.165) is 44.3 Å². The van der Waals surface area contributed by atoms with Crippen LogP contribution in [0.25, 0.3) is 6.08 Å². The zero-order valence-electron chi connectivity index (χ0n) is 18.7. The number of likely N-dealkylation sites (N-methyl/N-ethyl adjacent to an activating group) is 1. The quantitative estimate of drug-likeness (QED) is 0.667. The number of rotatable bonds is 6. The van der Waals surface area contributed by atoms with Crippen molar-refractivity contribution in [2.24, 2.45) is 0 Å². The molecular formula is C26H32N2O3. The molecule has 1 aliphatic carbocycles. The molecule has 31 heavy (non-hydrogen) atoms. The van der Waals surface area contributed by atoms with Crippen LogP contribution in [0.1, 0.15) is 29.5 Å². The number of hydrogen-bond acceptors (Lipinski definition) is 4. The summed E-state index contributed by atoms with van der Waals surface area (Å²) in [5, 5.41) is 0. The first-order valence-corrected chi connectivity index (χ1v) is 11.1. The minimum Gasteiger partial charge on any atom is -0.493 e. The van der Waals surface area contributed by atoms with E-state index >= 15 is 0 Å². The summed E-state index contributed by atoms with van der Waals surface area (Å²) in [5.41, 5.74) is 3.88. The van der Waals surface area contributed by atoms with Crippen molar-refractivity contribution < 1.29 is 14.3 Å². The lowest BCUT2D eigenvalue weighted by atomic mass is 10.0. The minimum atomic E-state index is 0.0383. The number of piperidine rings is 1. The van der Waals surface area contributed by atoms with Gasteiger partial charge in [0.1, 0.15) is 0 Å². The molecule has 2 aliphatic rings. The molecule has 0 saturated carbocycles. The van der Waals surface area contributed by atoms with Gasteiger partial charge in [0, 0.05) is 31.8 Å². The van der Waals surface area contributed by atoms with Crippen molar-refractivity contribution in [3.63, 3.8) is 0 Å². The second kappa shape index (κ2) is 9.56. The zero-order chi connectivity index (χ0) is 21.8. The molecule has 2 aromatic rings. The van der Waals surface area contributed by atoms with Crippen LogP contribution in [0.2, 0.25) is 0 Å². The molecule has 0 N–H and O–H groups in total. The molecule has 0 unspecified atom stereocenters. The highest BCUT2D eigenvalue weighted by Gasteiger charge is 2.32. The van der Waals surface area contributed by atoms with Crippen LogP contribution in [0.15, 0.2) is 48.5 Å². The highest BCUT2D eigenvalue weighted by Crippen LogP contribution is 2.29. The predicted molar refractivity (Wildman–Crippen MR) is 124 cm³/mol. The molecule has 1 fully saturated rings. The van der Waals surface area contributed by atoms with E-state index < -0.39 is 0 Å². The summed E-state index contributed by atoms with van der Waals surface area (Å²) in [5.74, 6) is 1.38. The third-order valence-electron chi connectivity index (χ3n) is 6.70. The molecule has 1 amide bonds. The molecule has 0 spiro atoms. The van der Waals surface area contributed by atoms with E-state index in [9.17, 15) is 4.79 Å². The smallest absolute Gasteiger partial charge is 0.246 e. The Bertz CT molecular complexity index is 930. The number of ether oxygens (including phenoxy) is 2. The van der Waals surface area contributed by atoms with E-state index in [0.29, 0.717) is 17.5 Å². The van der Waals surface area contributed by atoms with Gasteiger partial charge in [-0.2, -0.15) is 0 Å². The third kappa shape index (κ3) is 4.77. The van der Waals surface area contributed by atoms with E-state index in [4.69, 9.17) is 9.47 Å². The highest BCUT2D eigenvalue weighted by atomic mass is 16.5. The van der Waals surface area contributed by atoms with Gasteiger partial charge in [-0.15, -0.1) is 0 Å². The van der Waals surface area contributed by atoms with E-state index in [-0.39, 0.29) is 11.9 Å². The van der Waals surface area contributed by atoms with E-state index in [1.165, 1.54) is 11.1 Å². The van der Waals surface area contributed by atoms with Gasteiger partial charge in [0.25, 0.3) is 0 Å². The summed E-state index contributed by atoms with van der Waals surface area (Å²) >= 11 is 0. The predicted octanol–water partition coefficient (Wildman–Crippen LogP) is 3.81. The molecule has 5 nitrogen and oxygen atoms in total. The lowest BCUT2D eigenvalue weighted by Crippen LogP contribution is -2.51. The summed E-state index contributed by atoms with van der Waals surface area (Å²) in [6.45, 7) is 2.07. The number of carbonyl (C=O) groups is 1. The van der Waals surface area contributed by atoms with Crippen LogP contribution in [0.3, 0.4) is 0 Å². The SMILES string of the molecule is COc1ccc(/C=C/C(=O)N(C)[C@H]2CCCN(C3Cc4ccccc4C3)C2)cc1OC. The van der Waals surface area contributed by atoms with Crippen molar-refractivity contribution in [3.05, 3.63) is 65.2 Å². The largest absolute Gasteiger partial charge is 0.493 e. The summed E-state index contributed by atoms with van der Waals surface area (Å²) in [4.78, 5) is 17.4. The van der Waals surface area contributed by atoms with Gasteiger partial charge in [-0.1, -0.05) is 30.3 Å². The number of fused-ring (bicyclic) bond motifs is 1. The van der Waals surface area contributed by atoms with Crippen molar-refractivity contribution >= 4 is 12.0 Å². The van der Waals surface area contributed by atoms with Crippen LogP contribution >= 0.6 is 0 Å². The van der Waals surface area contributed by atoms with Crippen LogP contribution in [-0.4, -0.2) is 62.1 Å². The van der Waals surface area contributed by atoms with Crippen molar-refractivity contribution in [1.82, 2.24) is 9.80 Å². The maximum atomic E-state index is 12.9. The number of methoxy groups -OCH3 is 2. The number of nitrogens with zero attached hydrogens (tertiary/aromatic N) is 2. The van der Waals surface area contributed by atoms with E-state index in [1.54, 1.807) is 20.3 Å². The van der Waals surface area contributed by atoms with Gasteiger partial charge in [-0.25, -0.2) is 0 Å². The van der Waals surface area contributed by atoms with Crippen LogP contribution in [0, 0.1) is 0 Å². The van der Waals surface area contributed by atoms with Crippen molar-refractivity contribution in [2.45, 2.75) is 37.8 Å². The third-order valence-corrected chi connectivity index (χ3v) is 6.70. The zero-order valence-corrected chi connectivity index (χ0v) is 18.7. The minimum absolute atomic E-state index is 0.0383. The van der Waals surface area contributed by atoms with Gasteiger partial charge < -0.3 is 14.4 Å². The van der Waals surface area contributed by atoms with Crippen LogP contribution < -0.4 is 9.47 Å². The van der Waals surface area contributed by atoms with Crippen molar-refractivity contribution in [1.29, 1.82) is 0 Å². The molecule has 0 aromatic heterocycles. The van der Waals surface area contributed by atoms with Crippen LogP contribution in [-0.2, 0) is 17.6 Å². The van der Waals surface area contributed by atoms with Crippen LogP contribution in [0.4, 0.5) is 0 Å². The fraction of sp³-hybridized carbons (Fsp3) is 0.423. The fourth-order valence-corrected chi connectivity index (χ4v) is 4.85. The van der Waals surface area contributed by atoms with Gasteiger partial charge in [-0.3, -0.25) is 9.69 Å². The molecule has 5 heteroatoms. The van der Waals surface area contributed by atoms with Crippen molar-refractivity contribution in [2.75, 3.05) is 34.4 Å². The highest BCUT2D eigenvalue weighted by molar-refractivity contribution is 5.92. The monoisotopic (exact) mass is 420 g/mol. The van der Waals surface area contributed by atoms with Gasteiger partial charge in [0.05, 0.1) is 14.2 Å². The molecular weight excluding hydrogens is 388 g/mol. The molecule has 1 heterocycles. The molecule has 4 rings (SSSR count). The molecule has 1 atom stereocenters. The number of carbonyl (C=O) groups excluding carboxylic acids is 1. The number of hydrogen-bond donors (Lipinski definition) is 0. The average Bonchev–Trinajstić information content (AvgIpc) is 3.26. The first-order valence-electron chi connectivity index (χ1n) is 11.1. The second-order valence-electron chi connectivity index (χ2n) is 8.52. The molecule has 0 bridgehead atoms. The Labute approximate surface area is 185 Å². The second-order valence-corrected chi connectivity index (χ2v) is 8.52. The Balaban J connectivity index is 1.37. The maximum Gasteiger partial charge on any atom is 0.246 e. The Morgan fingerprint density at radius 3 is 2.45 bits per heavy atom. The number of amides is 1. The topological polar surface area (TPSA) is 42.0 Å². The number of benzene rings is 2. The van der Waals surface area contributed by atoms with Gasteiger partial charge in [-0.05, 0) is 67.1 Å². The normalized spacial score (nSPS) is 19.4. The molecule has 0 radical (unpaired) electrons. The fourth-order valence-electron chi connectivity index (χ4n) is 4.85. The Morgan fingerprint density at radius 1 is 1.06 bits per heavy atom. The lowest BCUT2D eigenvalue weighted by molar-refractivity contribution is -0.127. The summed E-state index contributed by atoms with van der Waals surface area (Å²) in [6, 6.07) is 15.2. The standard InChI is InChI=1S/C26H32N2O3/c1-27(26(29)13-11-19-10-12-24(30-2)25(15-19)31-3)22-9-6-14-28(18-22)23-16-20-7-4-5-8-21(20)17-23/h4-5,7-8,10-13,15,22-23H,6,9,14,16-18H2,1-3H3/b13-11+/t22-/m0/s1. The first kappa shape index (κ1) is 21.4. The van der Waals surface area contributed by atoms with Crippen molar-refractivity contribution in [3.8, 4) is 11.5 Å². The first-order chi connectivity index (χ1) is 15.1. The van der Waals surface area contributed by atoms with Gasteiger partial charge >= 0.3 is 0 Å². The Hall–Kier alpha value is -2.79. The van der Waals surface area contributed by atoms with E-state index in [1.807, 2.05) is 36.2 Å². The van der Waals surface area contributed by atoms with Gasteiger partial charge in [0.2, 0.25) is 5.91 Å². The Morgan fingerprint density at radius 2 is 1.77 bits per heavy atom. The molecule has 1 aliphatic heterocycles. The summed E-state index contributed by atoms with van der Waals surface area (Å²) in [6.07, 6.45) is 7.94. The molecule has 164 valence electrons.